The van der Waals surface area contributed by atoms with Crippen molar-refractivity contribution in [3.8, 4) is 11.1 Å². The summed E-state index contributed by atoms with van der Waals surface area (Å²) in [6, 6.07) is 10.9. The maximum absolute atomic E-state index is 12.8. The highest BCUT2D eigenvalue weighted by atomic mass is 19.4. The summed E-state index contributed by atoms with van der Waals surface area (Å²) >= 11 is 0. The molecule has 0 amide bonds. The summed E-state index contributed by atoms with van der Waals surface area (Å²) in [5.41, 5.74) is 7.05. The SMILES string of the molecule is Nc1cc(-c2ccc3[nH]ccc3c2)cc(C(F)(F)F)c1. The molecule has 3 aromatic rings. The number of fused-ring (bicyclic) bond motifs is 1. The van der Waals surface area contributed by atoms with E-state index in [2.05, 4.69) is 4.98 Å². The number of nitrogen functional groups attached to an aromatic ring is 1. The third-order valence-corrected chi connectivity index (χ3v) is 3.17. The molecule has 0 aliphatic carbocycles. The van der Waals surface area contributed by atoms with Gasteiger partial charge in [0, 0.05) is 17.4 Å². The van der Waals surface area contributed by atoms with Gasteiger partial charge in [0.05, 0.1) is 5.56 Å². The van der Waals surface area contributed by atoms with Gasteiger partial charge in [0.1, 0.15) is 0 Å². The first-order valence-electron chi connectivity index (χ1n) is 5.99. The molecule has 102 valence electrons. The highest BCUT2D eigenvalue weighted by Crippen LogP contribution is 2.34. The first-order chi connectivity index (χ1) is 9.43. The quantitative estimate of drug-likeness (QED) is 0.634. The van der Waals surface area contributed by atoms with E-state index in [9.17, 15) is 13.2 Å². The topological polar surface area (TPSA) is 41.8 Å². The molecule has 0 fully saturated rings. The zero-order chi connectivity index (χ0) is 14.3. The Morgan fingerprint density at radius 2 is 1.70 bits per heavy atom. The smallest absolute Gasteiger partial charge is 0.399 e. The highest BCUT2D eigenvalue weighted by Gasteiger charge is 2.31. The third-order valence-electron chi connectivity index (χ3n) is 3.17. The summed E-state index contributed by atoms with van der Waals surface area (Å²) in [7, 11) is 0. The Morgan fingerprint density at radius 3 is 2.45 bits per heavy atom. The zero-order valence-corrected chi connectivity index (χ0v) is 10.3. The Bertz CT molecular complexity index is 772. The normalized spacial score (nSPS) is 11.9. The average molecular weight is 276 g/mol. The van der Waals surface area contributed by atoms with Crippen molar-refractivity contribution in [2.75, 3.05) is 5.73 Å². The molecular weight excluding hydrogens is 265 g/mol. The number of aromatic amines is 1. The average Bonchev–Trinajstić information content (AvgIpc) is 2.84. The van der Waals surface area contributed by atoms with Crippen molar-refractivity contribution < 1.29 is 13.2 Å². The Labute approximate surface area is 113 Å². The minimum atomic E-state index is -4.40. The van der Waals surface area contributed by atoms with Crippen LogP contribution in [-0.4, -0.2) is 4.98 Å². The van der Waals surface area contributed by atoms with E-state index in [1.807, 2.05) is 18.2 Å². The fourth-order valence-electron chi connectivity index (χ4n) is 2.21. The van der Waals surface area contributed by atoms with E-state index in [1.54, 1.807) is 18.3 Å². The van der Waals surface area contributed by atoms with E-state index in [0.717, 1.165) is 23.0 Å². The number of nitrogens with one attached hydrogen (secondary N) is 1. The van der Waals surface area contributed by atoms with Crippen LogP contribution in [0.1, 0.15) is 5.56 Å². The molecule has 0 aliphatic heterocycles. The Hall–Kier alpha value is -2.43. The largest absolute Gasteiger partial charge is 0.416 e. The number of rotatable bonds is 1. The van der Waals surface area contributed by atoms with Crippen molar-refractivity contribution in [2.45, 2.75) is 6.18 Å². The van der Waals surface area contributed by atoms with Crippen LogP contribution in [-0.2, 0) is 6.18 Å². The predicted molar refractivity (Wildman–Crippen MR) is 73.1 cm³/mol. The van der Waals surface area contributed by atoms with Crippen molar-refractivity contribution in [2.24, 2.45) is 0 Å². The monoisotopic (exact) mass is 276 g/mol. The maximum atomic E-state index is 12.8. The lowest BCUT2D eigenvalue weighted by Crippen LogP contribution is -2.06. The number of halogens is 3. The minimum absolute atomic E-state index is 0.101. The van der Waals surface area contributed by atoms with Crippen molar-refractivity contribution in [1.29, 1.82) is 0 Å². The molecule has 0 spiro atoms. The van der Waals surface area contributed by atoms with Crippen molar-refractivity contribution in [3.05, 3.63) is 54.2 Å². The van der Waals surface area contributed by atoms with Crippen LogP contribution in [0.25, 0.3) is 22.0 Å². The third kappa shape index (κ3) is 2.22. The molecule has 0 aliphatic rings. The molecule has 20 heavy (non-hydrogen) atoms. The Morgan fingerprint density at radius 1 is 0.900 bits per heavy atom. The lowest BCUT2D eigenvalue weighted by atomic mass is 10.0. The molecule has 1 heterocycles. The number of alkyl halides is 3. The predicted octanol–water partition coefficient (Wildman–Crippen LogP) is 4.44. The molecule has 3 rings (SSSR count). The highest BCUT2D eigenvalue weighted by molar-refractivity contribution is 5.85. The van der Waals surface area contributed by atoms with Gasteiger partial charge >= 0.3 is 6.18 Å². The van der Waals surface area contributed by atoms with Crippen LogP contribution in [0.5, 0.6) is 0 Å². The molecule has 3 N–H and O–H groups in total. The van der Waals surface area contributed by atoms with Gasteiger partial charge < -0.3 is 10.7 Å². The number of benzene rings is 2. The first kappa shape index (κ1) is 12.6. The van der Waals surface area contributed by atoms with Crippen molar-refractivity contribution >= 4 is 16.6 Å². The summed E-state index contributed by atoms with van der Waals surface area (Å²) in [5.74, 6) is 0. The summed E-state index contributed by atoms with van der Waals surface area (Å²) < 4.78 is 38.4. The van der Waals surface area contributed by atoms with Crippen LogP contribution < -0.4 is 5.73 Å². The van der Waals surface area contributed by atoms with Crippen LogP contribution in [0.3, 0.4) is 0 Å². The number of hydrogen-bond acceptors (Lipinski definition) is 1. The minimum Gasteiger partial charge on any atom is -0.399 e. The maximum Gasteiger partial charge on any atom is 0.416 e. The second-order valence-electron chi connectivity index (χ2n) is 4.62. The Kier molecular flexibility index (Phi) is 2.71. The van der Waals surface area contributed by atoms with E-state index in [1.165, 1.54) is 0 Å². The summed E-state index contributed by atoms with van der Waals surface area (Å²) in [6.45, 7) is 0. The van der Waals surface area contributed by atoms with Crippen LogP contribution in [0.15, 0.2) is 48.7 Å². The van der Waals surface area contributed by atoms with Crippen molar-refractivity contribution in [3.63, 3.8) is 0 Å². The van der Waals surface area contributed by atoms with Gasteiger partial charge in [-0.05, 0) is 52.9 Å². The van der Waals surface area contributed by atoms with Gasteiger partial charge in [0.25, 0.3) is 0 Å². The Balaban J connectivity index is 2.15. The van der Waals surface area contributed by atoms with Gasteiger partial charge in [-0.1, -0.05) is 6.07 Å². The summed E-state index contributed by atoms with van der Waals surface area (Å²) in [6.07, 6.45) is -2.61. The number of anilines is 1. The summed E-state index contributed by atoms with van der Waals surface area (Å²) in [4.78, 5) is 3.04. The van der Waals surface area contributed by atoms with Gasteiger partial charge in [-0.25, -0.2) is 0 Å². The molecule has 0 bridgehead atoms. The molecule has 0 radical (unpaired) electrons. The first-order valence-corrected chi connectivity index (χ1v) is 5.99. The molecular formula is C15H11F3N2. The lowest BCUT2D eigenvalue weighted by molar-refractivity contribution is -0.137. The van der Waals surface area contributed by atoms with E-state index in [-0.39, 0.29) is 5.69 Å². The van der Waals surface area contributed by atoms with Crippen LogP contribution in [0.4, 0.5) is 18.9 Å². The number of H-pyrrole nitrogens is 1. The van der Waals surface area contributed by atoms with Crippen LogP contribution >= 0.6 is 0 Å². The van der Waals surface area contributed by atoms with E-state index in [0.29, 0.717) is 11.1 Å². The standard InChI is InChI=1S/C15H11F3N2/c16-15(17,18)12-6-11(7-13(19)8-12)9-1-2-14-10(5-9)3-4-20-14/h1-8,20H,19H2. The fraction of sp³-hybridized carbons (Fsp3) is 0.0667. The molecule has 2 aromatic carbocycles. The zero-order valence-electron chi connectivity index (χ0n) is 10.3. The second kappa shape index (κ2) is 4.30. The van der Waals surface area contributed by atoms with Gasteiger partial charge in [-0.15, -0.1) is 0 Å². The van der Waals surface area contributed by atoms with E-state index < -0.39 is 11.7 Å². The van der Waals surface area contributed by atoms with Crippen LogP contribution in [0, 0.1) is 0 Å². The number of aromatic nitrogens is 1. The van der Waals surface area contributed by atoms with Gasteiger partial charge in [-0.3, -0.25) is 0 Å². The second-order valence-corrected chi connectivity index (χ2v) is 4.62. The number of nitrogens with two attached hydrogens (primary N) is 1. The van der Waals surface area contributed by atoms with Crippen LogP contribution in [0.2, 0.25) is 0 Å². The number of hydrogen-bond donors (Lipinski definition) is 2. The van der Waals surface area contributed by atoms with Gasteiger partial charge in [0.2, 0.25) is 0 Å². The fourth-order valence-corrected chi connectivity index (χ4v) is 2.21. The van der Waals surface area contributed by atoms with Crippen molar-refractivity contribution in [1.82, 2.24) is 4.98 Å². The molecule has 5 heteroatoms. The molecule has 2 nitrogen and oxygen atoms in total. The van der Waals surface area contributed by atoms with Gasteiger partial charge in [0.15, 0.2) is 0 Å². The molecule has 0 saturated heterocycles. The molecule has 1 aromatic heterocycles. The lowest BCUT2D eigenvalue weighted by Gasteiger charge is -2.11. The molecule has 0 saturated carbocycles. The molecule has 0 unspecified atom stereocenters. The summed E-state index contributed by atoms with van der Waals surface area (Å²) in [5, 5.41) is 0.943. The van der Waals surface area contributed by atoms with E-state index in [4.69, 9.17) is 5.73 Å². The molecule has 0 atom stereocenters. The van der Waals surface area contributed by atoms with E-state index >= 15 is 0 Å². The van der Waals surface area contributed by atoms with Gasteiger partial charge in [-0.2, -0.15) is 13.2 Å².